The minimum absolute atomic E-state index is 0.741. The normalized spacial score (nSPS) is 10.6. The van der Waals surface area contributed by atoms with Crippen LogP contribution in [-0.2, 0) is 0 Å². The fraction of sp³-hybridized carbons (Fsp3) is 0.143. The maximum atomic E-state index is 5.43. The van der Waals surface area contributed by atoms with Crippen LogP contribution in [0.25, 0.3) is 21.5 Å². The van der Waals surface area contributed by atoms with Crippen LogP contribution in [0.1, 0.15) is 0 Å². The molecular weight excluding hydrogens is 260 g/mol. The Bertz CT molecular complexity index is 724. The minimum Gasteiger partial charge on any atom is -0.497 e. The van der Waals surface area contributed by atoms with Gasteiger partial charge in [-0.3, -0.25) is 0 Å². The van der Waals surface area contributed by atoms with E-state index >= 15 is 0 Å². The molecule has 19 heavy (non-hydrogen) atoms. The van der Waals surface area contributed by atoms with E-state index in [1.807, 2.05) is 29.6 Å². The summed E-state index contributed by atoms with van der Waals surface area (Å²) in [5, 5.41) is 3.05. The van der Waals surface area contributed by atoms with Crippen molar-refractivity contribution in [3.63, 3.8) is 0 Å². The quantitative estimate of drug-likeness (QED) is 0.733. The highest BCUT2D eigenvalue weighted by Crippen LogP contribution is 2.36. The van der Waals surface area contributed by atoms with E-state index in [9.17, 15) is 0 Å². The molecule has 0 radical (unpaired) electrons. The third-order valence-corrected chi connectivity index (χ3v) is 3.75. The van der Waals surface area contributed by atoms with Gasteiger partial charge in [-0.25, -0.2) is 9.97 Å². The van der Waals surface area contributed by atoms with Gasteiger partial charge in [0.2, 0.25) is 0 Å². The third-order valence-electron chi connectivity index (χ3n) is 2.93. The molecule has 0 spiro atoms. The summed E-state index contributed by atoms with van der Waals surface area (Å²) in [6.45, 7) is 0. The van der Waals surface area contributed by atoms with Crippen LogP contribution in [0.4, 0.5) is 0 Å². The number of fused-ring (bicyclic) bond motifs is 1. The van der Waals surface area contributed by atoms with Crippen molar-refractivity contribution in [3.8, 4) is 22.8 Å². The molecule has 1 aromatic carbocycles. The topological polar surface area (TPSA) is 44.2 Å². The highest BCUT2D eigenvalue weighted by molar-refractivity contribution is 7.16. The summed E-state index contributed by atoms with van der Waals surface area (Å²) in [5.74, 6) is 1.50. The Labute approximate surface area is 114 Å². The number of methoxy groups -OCH3 is 2. The number of benzene rings is 1. The predicted octanol–water partition coefficient (Wildman–Crippen LogP) is 3.38. The lowest BCUT2D eigenvalue weighted by atomic mass is 10.1. The van der Waals surface area contributed by atoms with Crippen LogP contribution >= 0.6 is 11.3 Å². The molecule has 3 rings (SSSR count). The maximum absolute atomic E-state index is 5.43. The van der Waals surface area contributed by atoms with Gasteiger partial charge >= 0.3 is 0 Å². The molecule has 0 unspecified atom stereocenters. The zero-order valence-corrected chi connectivity index (χ0v) is 11.4. The number of rotatable bonds is 3. The number of thiophene rings is 1. The van der Waals surface area contributed by atoms with Gasteiger partial charge in [0.1, 0.15) is 22.7 Å². The fourth-order valence-corrected chi connectivity index (χ4v) is 2.73. The molecule has 0 aliphatic rings. The summed E-state index contributed by atoms with van der Waals surface area (Å²) in [4.78, 5) is 9.62. The molecule has 5 heteroatoms. The average molecular weight is 272 g/mol. The lowest BCUT2D eigenvalue weighted by molar-refractivity contribution is 0.395. The first kappa shape index (κ1) is 11.9. The first-order valence-corrected chi connectivity index (χ1v) is 6.62. The first-order chi connectivity index (χ1) is 9.33. The molecule has 0 aliphatic carbocycles. The molecule has 4 nitrogen and oxygen atoms in total. The van der Waals surface area contributed by atoms with E-state index in [1.165, 1.54) is 0 Å². The van der Waals surface area contributed by atoms with E-state index in [0.717, 1.165) is 33.0 Å². The first-order valence-electron chi connectivity index (χ1n) is 5.74. The van der Waals surface area contributed by atoms with Crippen LogP contribution in [0.2, 0.25) is 0 Å². The Balaban J connectivity index is 2.23. The summed E-state index contributed by atoms with van der Waals surface area (Å²) >= 11 is 1.60. The predicted molar refractivity (Wildman–Crippen MR) is 76.0 cm³/mol. The molecule has 3 aromatic rings. The molecule has 0 bridgehead atoms. The van der Waals surface area contributed by atoms with Crippen LogP contribution in [0.3, 0.4) is 0 Å². The summed E-state index contributed by atoms with van der Waals surface area (Å²) < 4.78 is 10.6. The van der Waals surface area contributed by atoms with Gasteiger partial charge in [-0.05, 0) is 23.6 Å². The number of ether oxygens (including phenoxy) is 2. The van der Waals surface area contributed by atoms with Crippen LogP contribution in [0, 0.1) is 0 Å². The van der Waals surface area contributed by atoms with Gasteiger partial charge in [0.05, 0.1) is 19.9 Å². The van der Waals surface area contributed by atoms with Gasteiger partial charge in [0.25, 0.3) is 0 Å². The smallest absolute Gasteiger partial charge is 0.131 e. The molecule has 2 aromatic heterocycles. The van der Waals surface area contributed by atoms with Crippen molar-refractivity contribution in [2.45, 2.75) is 0 Å². The van der Waals surface area contributed by atoms with Crippen molar-refractivity contribution in [1.29, 1.82) is 0 Å². The monoisotopic (exact) mass is 272 g/mol. The van der Waals surface area contributed by atoms with Crippen LogP contribution in [0.5, 0.6) is 11.5 Å². The summed E-state index contributed by atoms with van der Waals surface area (Å²) in [6, 6.07) is 7.74. The number of aromatic nitrogens is 2. The molecule has 0 amide bonds. The summed E-state index contributed by atoms with van der Waals surface area (Å²) in [5.41, 5.74) is 1.82. The Hall–Kier alpha value is -2.14. The largest absolute Gasteiger partial charge is 0.497 e. The van der Waals surface area contributed by atoms with Crippen molar-refractivity contribution in [2.24, 2.45) is 0 Å². The standard InChI is InChI=1S/C14H12N2O2S/c1-17-9-3-4-10(12(7-9)18-2)13-11-5-6-19-14(11)16-8-15-13/h3-8H,1-2H3. The maximum Gasteiger partial charge on any atom is 0.131 e. The SMILES string of the molecule is COc1ccc(-c2ncnc3sccc23)c(OC)c1. The number of hydrogen-bond acceptors (Lipinski definition) is 5. The van der Waals surface area contributed by atoms with Gasteiger partial charge in [-0.2, -0.15) is 0 Å². The van der Waals surface area contributed by atoms with Crippen LogP contribution < -0.4 is 9.47 Å². The van der Waals surface area contributed by atoms with Gasteiger partial charge in [0.15, 0.2) is 0 Å². The molecule has 0 aliphatic heterocycles. The lowest BCUT2D eigenvalue weighted by Gasteiger charge is -2.10. The summed E-state index contributed by atoms with van der Waals surface area (Å²) in [7, 11) is 3.28. The van der Waals surface area contributed by atoms with E-state index < -0.39 is 0 Å². The molecule has 0 N–H and O–H groups in total. The van der Waals surface area contributed by atoms with Crippen molar-refractivity contribution in [3.05, 3.63) is 36.0 Å². The second kappa shape index (κ2) is 4.85. The van der Waals surface area contributed by atoms with Crippen LogP contribution in [-0.4, -0.2) is 24.2 Å². The van der Waals surface area contributed by atoms with Crippen molar-refractivity contribution in [2.75, 3.05) is 14.2 Å². The zero-order valence-electron chi connectivity index (χ0n) is 10.6. The third kappa shape index (κ3) is 2.02. The van der Waals surface area contributed by atoms with Crippen LogP contribution in [0.15, 0.2) is 36.0 Å². The van der Waals surface area contributed by atoms with Gasteiger partial charge in [-0.15, -0.1) is 11.3 Å². The van der Waals surface area contributed by atoms with E-state index in [2.05, 4.69) is 9.97 Å². The van der Waals surface area contributed by atoms with E-state index in [-0.39, 0.29) is 0 Å². The van der Waals surface area contributed by atoms with Crippen molar-refractivity contribution < 1.29 is 9.47 Å². The van der Waals surface area contributed by atoms with Crippen molar-refractivity contribution in [1.82, 2.24) is 9.97 Å². The zero-order chi connectivity index (χ0) is 13.2. The lowest BCUT2D eigenvalue weighted by Crippen LogP contribution is -1.93. The second-order valence-electron chi connectivity index (χ2n) is 3.93. The minimum atomic E-state index is 0.741. The molecule has 2 heterocycles. The second-order valence-corrected chi connectivity index (χ2v) is 4.82. The number of nitrogens with zero attached hydrogens (tertiary/aromatic N) is 2. The fourth-order valence-electron chi connectivity index (χ4n) is 2.00. The average Bonchev–Trinajstić information content (AvgIpc) is 2.95. The molecule has 96 valence electrons. The van der Waals surface area contributed by atoms with Gasteiger partial charge in [0, 0.05) is 17.0 Å². The highest BCUT2D eigenvalue weighted by atomic mass is 32.1. The van der Waals surface area contributed by atoms with E-state index in [4.69, 9.17) is 9.47 Å². The molecule has 0 saturated heterocycles. The molecule has 0 fully saturated rings. The van der Waals surface area contributed by atoms with Gasteiger partial charge < -0.3 is 9.47 Å². The van der Waals surface area contributed by atoms with Crippen molar-refractivity contribution >= 4 is 21.6 Å². The Morgan fingerprint density at radius 3 is 2.74 bits per heavy atom. The van der Waals surface area contributed by atoms with Gasteiger partial charge in [-0.1, -0.05) is 0 Å². The summed E-state index contributed by atoms with van der Waals surface area (Å²) in [6.07, 6.45) is 1.58. The Morgan fingerprint density at radius 2 is 1.95 bits per heavy atom. The highest BCUT2D eigenvalue weighted by Gasteiger charge is 2.12. The molecular formula is C14H12N2O2S. The Morgan fingerprint density at radius 1 is 1.05 bits per heavy atom. The van der Waals surface area contributed by atoms with E-state index in [1.54, 1.807) is 31.9 Å². The van der Waals surface area contributed by atoms with E-state index in [0.29, 0.717) is 0 Å². The Kier molecular flexibility index (Phi) is 3.05. The number of hydrogen-bond donors (Lipinski definition) is 0. The molecule has 0 saturated carbocycles. The molecule has 0 atom stereocenters.